The van der Waals surface area contributed by atoms with Gasteiger partial charge in [-0.05, 0) is 44.2 Å². The van der Waals surface area contributed by atoms with Crippen LogP contribution in [-0.4, -0.2) is 71.1 Å². The fraction of sp³-hybridized carbons (Fsp3) is 0.722. The third-order valence-corrected chi connectivity index (χ3v) is 5.46. The van der Waals surface area contributed by atoms with E-state index >= 15 is 0 Å². The zero-order valence-corrected chi connectivity index (χ0v) is 14.6. The molecular weight excluding hydrogens is 304 g/mol. The molecule has 24 heavy (non-hydrogen) atoms. The first-order valence-electron chi connectivity index (χ1n) is 8.99. The average molecular weight is 332 g/mol. The number of rotatable bonds is 6. The van der Waals surface area contributed by atoms with Gasteiger partial charge in [-0.1, -0.05) is 0 Å². The lowest BCUT2D eigenvalue weighted by Gasteiger charge is -2.46. The first-order chi connectivity index (χ1) is 11.7. The summed E-state index contributed by atoms with van der Waals surface area (Å²) < 4.78 is 5.27. The second kappa shape index (κ2) is 8.03. The van der Waals surface area contributed by atoms with Crippen LogP contribution in [0.2, 0.25) is 0 Å². The molecule has 1 unspecified atom stereocenters. The Bertz CT molecular complexity index is 539. The van der Waals surface area contributed by atoms with Crippen LogP contribution in [-0.2, 0) is 16.0 Å². The number of likely N-dealkylation sites (tertiary alicyclic amines) is 2. The highest BCUT2D eigenvalue weighted by Gasteiger charge is 2.44. The number of carbonyl (C=O) groups excluding carboxylic acids is 1. The Hall–Kier alpha value is -1.53. The summed E-state index contributed by atoms with van der Waals surface area (Å²) in [7, 11) is 1.76. The second-order valence-electron chi connectivity index (χ2n) is 6.97. The molecular formula is C18H28N4O2. The van der Waals surface area contributed by atoms with Crippen molar-refractivity contribution in [3.8, 4) is 0 Å². The van der Waals surface area contributed by atoms with Gasteiger partial charge in [-0.15, -0.1) is 0 Å². The largest absolute Gasteiger partial charge is 0.383 e. The van der Waals surface area contributed by atoms with Gasteiger partial charge in [-0.2, -0.15) is 0 Å². The maximum absolute atomic E-state index is 12.7. The molecule has 3 heterocycles. The van der Waals surface area contributed by atoms with Gasteiger partial charge >= 0.3 is 0 Å². The Morgan fingerprint density at radius 1 is 1.25 bits per heavy atom. The molecule has 0 radical (unpaired) electrons. The quantitative estimate of drug-likeness (QED) is 0.790. The number of piperidine rings is 1. The van der Waals surface area contributed by atoms with Crippen LogP contribution < -0.4 is 0 Å². The molecule has 1 spiro atoms. The van der Waals surface area contributed by atoms with Gasteiger partial charge < -0.3 is 9.64 Å². The van der Waals surface area contributed by atoms with E-state index in [0.717, 1.165) is 51.2 Å². The monoisotopic (exact) mass is 332 g/mol. The summed E-state index contributed by atoms with van der Waals surface area (Å²) in [5.41, 5.74) is 1.21. The van der Waals surface area contributed by atoms with E-state index in [9.17, 15) is 4.79 Å². The third kappa shape index (κ3) is 3.92. The number of hydrogen-bond donors (Lipinski definition) is 0. The normalized spacial score (nSPS) is 24.6. The van der Waals surface area contributed by atoms with E-state index in [1.807, 2.05) is 0 Å². The van der Waals surface area contributed by atoms with Gasteiger partial charge in [0.15, 0.2) is 0 Å². The van der Waals surface area contributed by atoms with Crippen molar-refractivity contribution in [1.29, 1.82) is 0 Å². The number of amides is 1. The molecule has 2 aliphatic heterocycles. The number of carbonyl (C=O) groups is 1. The van der Waals surface area contributed by atoms with E-state index in [0.29, 0.717) is 6.42 Å². The van der Waals surface area contributed by atoms with Crippen molar-refractivity contribution in [3.05, 3.63) is 24.3 Å². The van der Waals surface area contributed by atoms with E-state index in [2.05, 4.69) is 19.8 Å². The number of ether oxygens (including phenoxy) is 1. The van der Waals surface area contributed by atoms with Crippen molar-refractivity contribution in [2.45, 2.75) is 44.1 Å². The highest BCUT2D eigenvalue weighted by atomic mass is 16.5. The summed E-state index contributed by atoms with van der Waals surface area (Å²) in [6, 6.07) is 0. The van der Waals surface area contributed by atoms with Crippen molar-refractivity contribution in [3.63, 3.8) is 0 Å². The standard InChI is InChI=1S/C18H28N4O2/c1-24-11-10-22-9-3-7-18(22)6-2-8-21(14-18)17(23)5-4-16-12-19-15-20-13-16/h12-13,15H,2-11,14H2,1H3. The Morgan fingerprint density at radius 2 is 2.00 bits per heavy atom. The van der Waals surface area contributed by atoms with Gasteiger partial charge in [0.05, 0.1) is 6.61 Å². The van der Waals surface area contributed by atoms with Crippen LogP contribution in [0.3, 0.4) is 0 Å². The van der Waals surface area contributed by atoms with Crippen LogP contribution in [0, 0.1) is 0 Å². The number of methoxy groups -OCH3 is 1. The molecule has 6 heteroatoms. The Labute approximate surface area is 144 Å². The number of aromatic nitrogens is 2. The summed E-state index contributed by atoms with van der Waals surface area (Å²) in [5, 5.41) is 0. The maximum atomic E-state index is 12.7. The maximum Gasteiger partial charge on any atom is 0.222 e. The molecule has 0 aliphatic carbocycles. The molecule has 1 aromatic rings. The van der Waals surface area contributed by atoms with Crippen molar-refractivity contribution in [2.24, 2.45) is 0 Å². The molecule has 0 aromatic carbocycles. The van der Waals surface area contributed by atoms with Crippen LogP contribution in [0.5, 0.6) is 0 Å². The molecule has 0 saturated carbocycles. The smallest absolute Gasteiger partial charge is 0.222 e. The summed E-state index contributed by atoms with van der Waals surface area (Å²) in [4.78, 5) is 25.3. The Morgan fingerprint density at radius 3 is 2.75 bits per heavy atom. The molecule has 0 N–H and O–H groups in total. The van der Waals surface area contributed by atoms with Crippen molar-refractivity contribution >= 4 is 5.91 Å². The minimum atomic E-state index is 0.183. The molecule has 3 rings (SSSR count). The lowest BCUT2D eigenvalue weighted by molar-refractivity contribution is -0.135. The lowest BCUT2D eigenvalue weighted by Crippen LogP contribution is -2.57. The van der Waals surface area contributed by atoms with Crippen LogP contribution in [0.25, 0.3) is 0 Å². The summed E-state index contributed by atoms with van der Waals surface area (Å²) in [5.74, 6) is 0.261. The van der Waals surface area contributed by atoms with Crippen LogP contribution in [0.15, 0.2) is 18.7 Å². The molecule has 1 amide bonds. The first kappa shape index (κ1) is 17.3. The van der Waals surface area contributed by atoms with Gasteiger partial charge in [0.1, 0.15) is 6.33 Å². The fourth-order valence-corrected chi connectivity index (χ4v) is 4.20. The molecule has 0 bridgehead atoms. The Kier molecular flexibility index (Phi) is 5.79. The van der Waals surface area contributed by atoms with E-state index in [4.69, 9.17) is 4.74 Å². The predicted octanol–water partition coefficient (Wildman–Crippen LogP) is 1.51. The molecule has 2 aliphatic rings. The molecule has 1 atom stereocenters. The van der Waals surface area contributed by atoms with Gasteiger partial charge in [0.2, 0.25) is 5.91 Å². The van der Waals surface area contributed by atoms with E-state index < -0.39 is 0 Å². The summed E-state index contributed by atoms with van der Waals surface area (Å²) in [6.45, 7) is 4.64. The van der Waals surface area contributed by atoms with Gasteiger partial charge in [0.25, 0.3) is 0 Å². The molecule has 132 valence electrons. The van der Waals surface area contributed by atoms with E-state index in [-0.39, 0.29) is 11.4 Å². The number of hydrogen-bond acceptors (Lipinski definition) is 5. The summed E-state index contributed by atoms with van der Waals surface area (Å²) in [6.07, 6.45) is 11.1. The minimum absolute atomic E-state index is 0.183. The molecule has 2 saturated heterocycles. The van der Waals surface area contributed by atoms with Crippen molar-refractivity contribution < 1.29 is 9.53 Å². The SMILES string of the molecule is COCCN1CCCC12CCCN(C(=O)CCc1cncnc1)C2. The van der Waals surface area contributed by atoms with E-state index in [1.165, 1.54) is 25.6 Å². The highest BCUT2D eigenvalue weighted by Crippen LogP contribution is 2.37. The highest BCUT2D eigenvalue weighted by molar-refractivity contribution is 5.76. The van der Waals surface area contributed by atoms with E-state index in [1.54, 1.807) is 19.5 Å². The topological polar surface area (TPSA) is 58.6 Å². The molecule has 1 aromatic heterocycles. The van der Waals surface area contributed by atoms with Crippen LogP contribution in [0.4, 0.5) is 0 Å². The van der Waals surface area contributed by atoms with Crippen LogP contribution >= 0.6 is 0 Å². The molecule has 2 fully saturated rings. The third-order valence-electron chi connectivity index (χ3n) is 5.46. The first-order valence-corrected chi connectivity index (χ1v) is 8.99. The molecule has 6 nitrogen and oxygen atoms in total. The number of nitrogens with zero attached hydrogens (tertiary/aromatic N) is 4. The zero-order valence-electron chi connectivity index (χ0n) is 14.6. The minimum Gasteiger partial charge on any atom is -0.383 e. The zero-order chi connectivity index (χ0) is 16.8. The van der Waals surface area contributed by atoms with Gasteiger partial charge in [-0.25, -0.2) is 9.97 Å². The van der Waals surface area contributed by atoms with Crippen LogP contribution in [0.1, 0.15) is 37.7 Å². The second-order valence-corrected chi connectivity index (χ2v) is 6.97. The summed E-state index contributed by atoms with van der Waals surface area (Å²) >= 11 is 0. The number of aryl methyl sites for hydroxylation is 1. The van der Waals surface area contributed by atoms with Crippen molar-refractivity contribution in [2.75, 3.05) is 39.9 Å². The van der Waals surface area contributed by atoms with Gasteiger partial charge in [0, 0.05) is 51.1 Å². The predicted molar refractivity (Wildman–Crippen MR) is 91.6 cm³/mol. The van der Waals surface area contributed by atoms with Gasteiger partial charge in [-0.3, -0.25) is 9.69 Å². The Balaban J connectivity index is 1.57. The lowest BCUT2D eigenvalue weighted by atomic mass is 9.86. The van der Waals surface area contributed by atoms with Crippen molar-refractivity contribution in [1.82, 2.24) is 19.8 Å². The fourth-order valence-electron chi connectivity index (χ4n) is 4.20. The average Bonchev–Trinajstić information content (AvgIpc) is 3.00.